The van der Waals surface area contributed by atoms with Crippen molar-refractivity contribution in [1.29, 1.82) is 0 Å². The summed E-state index contributed by atoms with van der Waals surface area (Å²) < 4.78 is 21.5. The van der Waals surface area contributed by atoms with Crippen LogP contribution in [0.1, 0.15) is 26.0 Å². The van der Waals surface area contributed by atoms with Crippen LogP contribution in [0.3, 0.4) is 0 Å². The van der Waals surface area contributed by atoms with Crippen molar-refractivity contribution < 1.29 is 23.7 Å². The van der Waals surface area contributed by atoms with Gasteiger partial charge in [-0.2, -0.15) is 0 Å². The summed E-state index contributed by atoms with van der Waals surface area (Å²) in [6, 6.07) is 3.51. The van der Waals surface area contributed by atoms with E-state index in [2.05, 4.69) is 18.8 Å². The summed E-state index contributed by atoms with van der Waals surface area (Å²) in [5, 5.41) is 0. The average molecular weight is 352 g/mol. The highest BCUT2D eigenvalue weighted by atomic mass is 16.7. The van der Waals surface area contributed by atoms with E-state index in [1.165, 1.54) is 0 Å². The number of likely N-dealkylation sites (tertiary alicyclic amines) is 1. The molecular weight excluding hydrogens is 324 g/mol. The number of hydrogen-bond acceptors (Lipinski definition) is 6. The van der Waals surface area contributed by atoms with Gasteiger partial charge in [-0.05, 0) is 18.4 Å². The van der Waals surface area contributed by atoms with Gasteiger partial charge in [0.2, 0.25) is 0 Å². The van der Waals surface area contributed by atoms with Crippen LogP contribution in [0, 0.1) is 5.92 Å². The Hall–Kier alpha value is -1.70. The molecule has 1 aromatic rings. The van der Waals surface area contributed by atoms with Gasteiger partial charge in [0, 0.05) is 38.6 Å². The number of nitrogens with zero attached hydrogens (tertiary/aromatic N) is 2. The molecule has 2 atom stereocenters. The zero-order chi connectivity index (χ0) is 18.4. The van der Waals surface area contributed by atoms with Crippen molar-refractivity contribution >= 4 is 5.91 Å². The summed E-state index contributed by atoms with van der Waals surface area (Å²) in [6.07, 6.45) is 2.85. The topological polar surface area (TPSA) is 70.1 Å². The van der Waals surface area contributed by atoms with Gasteiger partial charge in [-0.1, -0.05) is 13.8 Å². The maximum atomic E-state index is 12.9. The molecule has 2 heterocycles. The average Bonchev–Trinajstić information content (AvgIpc) is 2.61. The predicted molar refractivity (Wildman–Crippen MR) is 92.2 cm³/mol. The lowest BCUT2D eigenvalue weighted by molar-refractivity contribution is -0.235. The quantitative estimate of drug-likeness (QED) is 0.473. The highest BCUT2D eigenvalue weighted by Gasteiger charge is 2.61. The van der Waals surface area contributed by atoms with Crippen LogP contribution in [0.4, 0.5) is 0 Å². The van der Waals surface area contributed by atoms with Gasteiger partial charge in [0.15, 0.2) is 5.60 Å². The Morgan fingerprint density at radius 1 is 1.28 bits per heavy atom. The third kappa shape index (κ3) is 4.11. The van der Waals surface area contributed by atoms with Crippen LogP contribution in [0.25, 0.3) is 0 Å². The highest BCUT2D eigenvalue weighted by Crippen LogP contribution is 2.40. The lowest BCUT2D eigenvalue weighted by Gasteiger charge is -2.55. The molecule has 7 heteroatoms. The van der Waals surface area contributed by atoms with E-state index in [1.54, 1.807) is 38.5 Å². The van der Waals surface area contributed by atoms with Crippen molar-refractivity contribution in [2.45, 2.75) is 38.3 Å². The fourth-order valence-corrected chi connectivity index (χ4v) is 3.28. The number of pyridine rings is 1. The van der Waals surface area contributed by atoms with Crippen molar-refractivity contribution in [2.24, 2.45) is 5.92 Å². The van der Waals surface area contributed by atoms with Crippen LogP contribution in [0.15, 0.2) is 18.3 Å². The van der Waals surface area contributed by atoms with Gasteiger partial charge < -0.3 is 23.8 Å². The number of carbonyl (C=O) groups is 1. The molecule has 0 aliphatic carbocycles. The molecule has 140 valence electrons. The Bertz CT molecular complexity index is 580. The van der Waals surface area contributed by atoms with Gasteiger partial charge in [0.25, 0.3) is 5.91 Å². The molecule has 7 nitrogen and oxygen atoms in total. The Morgan fingerprint density at radius 2 is 2.04 bits per heavy atom. The van der Waals surface area contributed by atoms with E-state index in [1.807, 2.05) is 6.07 Å². The zero-order valence-corrected chi connectivity index (χ0v) is 15.7. The zero-order valence-electron chi connectivity index (χ0n) is 15.7. The molecule has 0 bridgehead atoms. The third-order valence-electron chi connectivity index (χ3n) is 4.40. The molecule has 1 aliphatic rings. The largest absolute Gasteiger partial charge is 0.497 e. The molecule has 0 saturated carbocycles. The van der Waals surface area contributed by atoms with Crippen molar-refractivity contribution in [2.75, 3.05) is 34.9 Å². The van der Waals surface area contributed by atoms with Crippen LogP contribution in [-0.2, 0) is 25.4 Å². The molecule has 2 rings (SSSR count). The summed E-state index contributed by atoms with van der Waals surface area (Å²) in [5.41, 5.74) is -0.243. The van der Waals surface area contributed by atoms with E-state index < -0.39 is 5.60 Å². The molecule has 1 aromatic heterocycles. The second-order valence-electron chi connectivity index (χ2n) is 6.64. The monoisotopic (exact) mass is 352 g/mol. The van der Waals surface area contributed by atoms with Gasteiger partial charge >= 0.3 is 0 Å². The molecule has 1 saturated heterocycles. The fraction of sp³-hybridized carbons (Fsp3) is 0.667. The summed E-state index contributed by atoms with van der Waals surface area (Å²) in [4.78, 5) is 19.0. The first kappa shape index (κ1) is 19.6. The molecule has 1 fully saturated rings. The van der Waals surface area contributed by atoms with Gasteiger partial charge in [0.05, 0.1) is 13.2 Å². The number of carbonyl (C=O) groups excluding carboxylic acids is 1. The smallest absolute Gasteiger partial charge is 0.259 e. The molecule has 0 aromatic carbocycles. The number of β-lactam (4-membered cyclic amide) rings is 1. The van der Waals surface area contributed by atoms with Gasteiger partial charge in [-0.15, -0.1) is 0 Å². The molecule has 1 amide bonds. The minimum Gasteiger partial charge on any atom is -0.497 e. The van der Waals surface area contributed by atoms with Crippen molar-refractivity contribution in [1.82, 2.24) is 9.88 Å². The van der Waals surface area contributed by atoms with Crippen LogP contribution < -0.4 is 4.74 Å². The van der Waals surface area contributed by atoms with Crippen molar-refractivity contribution in [3.05, 3.63) is 24.0 Å². The summed E-state index contributed by atoms with van der Waals surface area (Å²) in [5.74, 6) is 1.01. The van der Waals surface area contributed by atoms with Crippen molar-refractivity contribution in [3.8, 4) is 5.75 Å². The van der Waals surface area contributed by atoms with Crippen LogP contribution in [0.5, 0.6) is 5.75 Å². The Morgan fingerprint density at radius 3 is 2.64 bits per heavy atom. The summed E-state index contributed by atoms with van der Waals surface area (Å²) in [6.45, 7) is 4.54. The Kier molecular flexibility index (Phi) is 6.75. The second-order valence-corrected chi connectivity index (χ2v) is 6.64. The van der Waals surface area contributed by atoms with Crippen LogP contribution >= 0.6 is 0 Å². The van der Waals surface area contributed by atoms with E-state index in [-0.39, 0.29) is 25.5 Å². The molecule has 1 aliphatic heterocycles. The molecule has 0 spiro atoms. The number of hydrogen-bond donors (Lipinski definition) is 0. The molecular formula is C18H28N2O5. The first-order valence-electron chi connectivity index (χ1n) is 8.40. The van der Waals surface area contributed by atoms with E-state index in [0.29, 0.717) is 18.1 Å². The normalized spacial score (nSPS) is 23.0. The lowest BCUT2D eigenvalue weighted by Crippen LogP contribution is -2.76. The van der Waals surface area contributed by atoms with E-state index >= 15 is 0 Å². The van der Waals surface area contributed by atoms with Gasteiger partial charge in [0.1, 0.15) is 19.3 Å². The number of ether oxygens (including phenoxy) is 4. The minimum atomic E-state index is -0.988. The van der Waals surface area contributed by atoms with E-state index in [9.17, 15) is 4.79 Å². The Labute approximate surface area is 149 Å². The van der Waals surface area contributed by atoms with Crippen LogP contribution in [0.2, 0.25) is 0 Å². The Balaban J connectivity index is 2.32. The van der Waals surface area contributed by atoms with Gasteiger partial charge in [-0.3, -0.25) is 9.78 Å². The molecule has 0 N–H and O–H groups in total. The SMILES string of the molecule is COCO[C@@]1(Cc2cc(OC)ccn2)C(=O)N(COC)[C@H]1CC(C)C. The van der Waals surface area contributed by atoms with E-state index in [0.717, 1.165) is 12.1 Å². The van der Waals surface area contributed by atoms with Crippen LogP contribution in [-0.4, -0.2) is 62.3 Å². The lowest BCUT2D eigenvalue weighted by atomic mass is 9.75. The highest BCUT2D eigenvalue weighted by molar-refractivity contribution is 5.93. The number of aromatic nitrogens is 1. The summed E-state index contributed by atoms with van der Waals surface area (Å²) >= 11 is 0. The number of methoxy groups -OCH3 is 3. The molecule has 25 heavy (non-hydrogen) atoms. The first-order chi connectivity index (χ1) is 12.0. The van der Waals surface area contributed by atoms with Gasteiger partial charge in [-0.25, -0.2) is 0 Å². The molecule has 0 unspecified atom stereocenters. The maximum absolute atomic E-state index is 12.9. The first-order valence-corrected chi connectivity index (χ1v) is 8.40. The number of amides is 1. The fourth-order valence-electron chi connectivity index (χ4n) is 3.28. The standard InChI is InChI=1S/C18H28N2O5/c1-13(2)8-16-18(25-12-23-4,17(21)20(16)11-22-3)10-14-9-15(24-5)6-7-19-14/h6-7,9,13,16H,8,10-12H2,1-5H3/t16-,18+/m0/s1. The minimum absolute atomic E-state index is 0.0468. The third-order valence-corrected chi connectivity index (χ3v) is 4.40. The maximum Gasteiger partial charge on any atom is 0.259 e. The molecule has 0 radical (unpaired) electrons. The number of rotatable bonds is 10. The van der Waals surface area contributed by atoms with Crippen molar-refractivity contribution in [3.63, 3.8) is 0 Å². The summed E-state index contributed by atoms with van der Waals surface area (Å²) in [7, 11) is 4.73. The van der Waals surface area contributed by atoms with E-state index in [4.69, 9.17) is 18.9 Å². The second kappa shape index (κ2) is 8.60. The predicted octanol–water partition coefficient (Wildman–Crippen LogP) is 1.85.